The fraction of sp³-hybridized carbons (Fsp3) is 0.167. The van der Waals surface area contributed by atoms with E-state index < -0.39 is 0 Å². The van der Waals surface area contributed by atoms with Crippen LogP contribution in [-0.4, -0.2) is 9.56 Å². The van der Waals surface area contributed by atoms with Gasteiger partial charge in [0.1, 0.15) is 4.99 Å². The summed E-state index contributed by atoms with van der Waals surface area (Å²) < 4.78 is 1.69. The zero-order valence-corrected chi connectivity index (χ0v) is 11.0. The van der Waals surface area contributed by atoms with E-state index in [1.807, 2.05) is 29.8 Å². The topological polar surface area (TPSA) is 48.0 Å². The first-order chi connectivity index (χ1) is 8.09. The van der Waals surface area contributed by atoms with E-state index in [-0.39, 0.29) is 10.5 Å². The normalized spacial score (nSPS) is 10.4. The van der Waals surface area contributed by atoms with Crippen LogP contribution < -0.4 is 11.3 Å². The number of hydrogen-bond acceptors (Lipinski definition) is 3. The van der Waals surface area contributed by atoms with E-state index in [1.54, 1.807) is 22.0 Å². The van der Waals surface area contributed by atoms with Crippen LogP contribution in [0.15, 0.2) is 33.8 Å². The highest BCUT2D eigenvalue weighted by atomic mass is 32.1. The molecular formula is C12H12N2OS2. The fourth-order valence-electron chi connectivity index (χ4n) is 1.62. The predicted octanol–water partition coefficient (Wildman–Crippen LogP) is 1.90. The third-order valence-electron chi connectivity index (χ3n) is 2.58. The molecule has 0 bridgehead atoms. The molecule has 5 heteroatoms. The third kappa shape index (κ3) is 2.45. The summed E-state index contributed by atoms with van der Waals surface area (Å²) in [6.45, 7) is 2.46. The molecule has 88 valence electrons. The van der Waals surface area contributed by atoms with Crippen LogP contribution in [0.2, 0.25) is 0 Å². The number of pyridine rings is 1. The molecule has 0 amide bonds. The third-order valence-corrected chi connectivity index (χ3v) is 3.53. The molecule has 3 nitrogen and oxygen atoms in total. The Kier molecular flexibility index (Phi) is 3.40. The number of aryl methyl sites for hydroxylation is 1. The molecule has 0 saturated carbocycles. The average molecular weight is 264 g/mol. The van der Waals surface area contributed by atoms with Crippen LogP contribution in [0.25, 0.3) is 0 Å². The van der Waals surface area contributed by atoms with Crippen molar-refractivity contribution in [3.05, 3.63) is 56.1 Å². The minimum Gasteiger partial charge on any atom is -0.389 e. The smallest absolute Gasteiger partial charge is 0.261 e. The van der Waals surface area contributed by atoms with Gasteiger partial charge in [0.15, 0.2) is 0 Å². The van der Waals surface area contributed by atoms with Gasteiger partial charge in [-0.1, -0.05) is 12.2 Å². The largest absolute Gasteiger partial charge is 0.389 e. The second-order valence-electron chi connectivity index (χ2n) is 3.78. The second-order valence-corrected chi connectivity index (χ2v) is 5.00. The Morgan fingerprint density at radius 3 is 2.82 bits per heavy atom. The van der Waals surface area contributed by atoms with Crippen molar-refractivity contribution in [2.24, 2.45) is 5.73 Å². The minimum atomic E-state index is -0.122. The molecule has 0 aliphatic carbocycles. The van der Waals surface area contributed by atoms with Crippen LogP contribution in [0.1, 0.15) is 16.8 Å². The van der Waals surface area contributed by atoms with Gasteiger partial charge in [0, 0.05) is 5.69 Å². The van der Waals surface area contributed by atoms with Gasteiger partial charge >= 0.3 is 0 Å². The van der Waals surface area contributed by atoms with Crippen LogP contribution in [0.4, 0.5) is 0 Å². The molecule has 0 aromatic carbocycles. The lowest BCUT2D eigenvalue weighted by Gasteiger charge is -2.10. The SMILES string of the molecule is Cc1ccc(C(N)=S)c(=O)n1Cc1ccsc1. The molecule has 2 rings (SSSR count). The van der Waals surface area contributed by atoms with Crippen LogP contribution in [0.5, 0.6) is 0 Å². The number of nitrogens with two attached hydrogens (primary N) is 1. The first kappa shape index (κ1) is 12.0. The highest BCUT2D eigenvalue weighted by Crippen LogP contribution is 2.09. The molecule has 2 heterocycles. The Labute approximate surface area is 109 Å². The summed E-state index contributed by atoms with van der Waals surface area (Å²) in [7, 11) is 0. The monoisotopic (exact) mass is 264 g/mol. The summed E-state index contributed by atoms with van der Waals surface area (Å²) in [5.41, 5.74) is 7.82. The first-order valence-corrected chi connectivity index (χ1v) is 6.46. The maximum absolute atomic E-state index is 12.2. The number of nitrogens with zero attached hydrogens (tertiary/aromatic N) is 1. The molecule has 2 aromatic rings. The number of hydrogen-bond donors (Lipinski definition) is 1. The predicted molar refractivity (Wildman–Crippen MR) is 74.7 cm³/mol. The lowest BCUT2D eigenvalue weighted by Crippen LogP contribution is -2.30. The Hall–Kier alpha value is -1.46. The van der Waals surface area contributed by atoms with E-state index in [2.05, 4.69) is 0 Å². The molecule has 0 saturated heterocycles. The molecule has 2 N–H and O–H groups in total. The van der Waals surface area contributed by atoms with Gasteiger partial charge in [-0.25, -0.2) is 0 Å². The van der Waals surface area contributed by atoms with Gasteiger partial charge in [0.25, 0.3) is 5.56 Å². The number of rotatable bonds is 3. The van der Waals surface area contributed by atoms with E-state index >= 15 is 0 Å². The van der Waals surface area contributed by atoms with Crippen molar-refractivity contribution < 1.29 is 0 Å². The fourth-order valence-corrected chi connectivity index (χ4v) is 2.44. The van der Waals surface area contributed by atoms with E-state index in [1.165, 1.54) is 0 Å². The van der Waals surface area contributed by atoms with Crippen molar-refractivity contribution in [1.29, 1.82) is 0 Å². The van der Waals surface area contributed by atoms with Crippen LogP contribution >= 0.6 is 23.6 Å². The standard InChI is InChI=1S/C12H12N2OS2/c1-8-2-3-10(11(13)16)12(15)14(8)6-9-4-5-17-7-9/h2-5,7H,6H2,1H3,(H2,13,16). The zero-order chi connectivity index (χ0) is 12.4. The van der Waals surface area contributed by atoms with Gasteiger partial charge in [-0.3, -0.25) is 4.79 Å². The zero-order valence-electron chi connectivity index (χ0n) is 9.34. The molecule has 0 unspecified atom stereocenters. The maximum atomic E-state index is 12.2. The van der Waals surface area contributed by atoms with Gasteiger partial charge < -0.3 is 10.3 Å². The lowest BCUT2D eigenvalue weighted by atomic mass is 10.2. The van der Waals surface area contributed by atoms with E-state index in [4.69, 9.17) is 18.0 Å². The van der Waals surface area contributed by atoms with Crippen molar-refractivity contribution in [1.82, 2.24) is 4.57 Å². The molecule has 0 aliphatic heterocycles. The van der Waals surface area contributed by atoms with Gasteiger partial charge in [-0.05, 0) is 41.4 Å². The van der Waals surface area contributed by atoms with Crippen molar-refractivity contribution in [3.63, 3.8) is 0 Å². The van der Waals surface area contributed by atoms with Crippen molar-refractivity contribution in [2.45, 2.75) is 13.5 Å². The van der Waals surface area contributed by atoms with Gasteiger partial charge in [0.05, 0.1) is 12.1 Å². The summed E-state index contributed by atoms with van der Waals surface area (Å²) in [4.78, 5) is 12.3. The Morgan fingerprint density at radius 1 is 1.47 bits per heavy atom. The van der Waals surface area contributed by atoms with E-state index in [9.17, 15) is 4.79 Å². The molecule has 0 radical (unpaired) electrons. The van der Waals surface area contributed by atoms with Crippen LogP contribution in [0.3, 0.4) is 0 Å². The summed E-state index contributed by atoms with van der Waals surface area (Å²) >= 11 is 6.48. The molecular weight excluding hydrogens is 252 g/mol. The number of thiocarbonyl (C=S) groups is 1. The van der Waals surface area contributed by atoms with Gasteiger partial charge in [-0.2, -0.15) is 11.3 Å². The molecule has 0 atom stereocenters. The number of thiophene rings is 1. The summed E-state index contributed by atoms with van der Waals surface area (Å²) in [6, 6.07) is 5.55. The van der Waals surface area contributed by atoms with E-state index in [0.717, 1.165) is 11.3 Å². The second kappa shape index (κ2) is 4.81. The summed E-state index contributed by atoms with van der Waals surface area (Å²) in [6.07, 6.45) is 0. The van der Waals surface area contributed by atoms with Gasteiger partial charge in [0.2, 0.25) is 0 Å². The Morgan fingerprint density at radius 2 is 2.24 bits per heavy atom. The molecule has 0 fully saturated rings. The number of aromatic nitrogens is 1. The maximum Gasteiger partial charge on any atom is 0.261 e. The quantitative estimate of drug-likeness (QED) is 0.861. The Bertz CT molecular complexity index is 599. The first-order valence-electron chi connectivity index (χ1n) is 5.11. The lowest BCUT2D eigenvalue weighted by molar-refractivity contribution is 0.730. The summed E-state index contributed by atoms with van der Waals surface area (Å²) in [5, 5.41) is 4.02. The van der Waals surface area contributed by atoms with E-state index in [0.29, 0.717) is 12.1 Å². The molecule has 0 spiro atoms. The highest BCUT2D eigenvalue weighted by Gasteiger charge is 2.08. The highest BCUT2D eigenvalue weighted by molar-refractivity contribution is 7.80. The van der Waals surface area contributed by atoms with Crippen LogP contribution in [0, 0.1) is 6.92 Å². The van der Waals surface area contributed by atoms with Crippen molar-refractivity contribution in [2.75, 3.05) is 0 Å². The van der Waals surface area contributed by atoms with Crippen LogP contribution in [-0.2, 0) is 6.54 Å². The minimum absolute atomic E-state index is 0.122. The van der Waals surface area contributed by atoms with Crippen molar-refractivity contribution >= 4 is 28.5 Å². The van der Waals surface area contributed by atoms with Crippen molar-refractivity contribution in [3.8, 4) is 0 Å². The molecule has 17 heavy (non-hydrogen) atoms. The molecule has 2 aromatic heterocycles. The Balaban J connectivity index is 2.49. The van der Waals surface area contributed by atoms with Gasteiger partial charge in [-0.15, -0.1) is 0 Å². The average Bonchev–Trinajstić information content (AvgIpc) is 2.76. The summed E-state index contributed by atoms with van der Waals surface area (Å²) in [5.74, 6) is 0. The molecule has 0 aliphatic rings.